The molecule has 0 spiro atoms. The van der Waals surface area contributed by atoms with Crippen LogP contribution in [-0.2, 0) is 17.4 Å². The number of thiazole rings is 1. The predicted molar refractivity (Wildman–Crippen MR) is 115 cm³/mol. The van der Waals surface area contributed by atoms with Gasteiger partial charge in [-0.25, -0.2) is 15.0 Å². The van der Waals surface area contributed by atoms with Crippen LogP contribution >= 0.6 is 23.1 Å². The van der Waals surface area contributed by atoms with Gasteiger partial charge in [0.05, 0.1) is 10.2 Å². The van der Waals surface area contributed by atoms with Gasteiger partial charge in [0.25, 0.3) is 0 Å². The fourth-order valence-corrected chi connectivity index (χ4v) is 5.52. The highest BCUT2D eigenvalue weighted by atomic mass is 32.2. The van der Waals surface area contributed by atoms with E-state index in [1.807, 2.05) is 30.0 Å². The monoisotopic (exact) mass is 467 g/mol. The van der Waals surface area contributed by atoms with Gasteiger partial charge in [0.15, 0.2) is 0 Å². The number of carbonyl (C=O) groups is 1. The van der Waals surface area contributed by atoms with E-state index >= 15 is 0 Å². The minimum Gasteiger partial charge on any atom is -0.369 e. The van der Waals surface area contributed by atoms with Crippen LogP contribution in [0.4, 0.5) is 13.2 Å². The number of carbonyl (C=O) groups excluding carboxylic acids is 1. The smallest absolute Gasteiger partial charge is 0.369 e. The summed E-state index contributed by atoms with van der Waals surface area (Å²) in [6.45, 7) is 3.16. The molecule has 1 fully saturated rings. The third kappa shape index (κ3) is 5.16. The third-order valence-electron chi connectivity index (χ3n) is 5.04. The lowest BCUT2D eigenvalue weighted by atomic mass is 10.1. The maximum Gasteiger partial charge on any atom is 0.433 e. The molecule has 6 nitrogen and oxygen atoms in total. The second-order valence-corrected chi connectivity index (χ2v) is 9.48. The van der Waals surface area contributed by atoms with Gasteiger partial charge in [0.2, 0.25) is 5.91 Å². The van der Waals surface area contributed by atoms with Crippen LogP contribution < -0.4 is 5.73 Å². The lowest BCUT2D eigenvalue weighted by Crippen LogP contribution is -2.34. The zero-order chi connectivity index (χ0) is 22.0. The Bertz CT molecular complexity index is 1080. The topological polar surface area (TPSA) is 85.0 Å². The number of benzene rings is 1. The van der Waals surface area contributed by atoms with E-state index in [0.717, 1.165) is 60.1 Å². The second kappa shape index (κ2) is 9.09. The van der Waals surface area contributed by atoms with E-state index in [2.05, 4.69) is 19.9 Å². The summed E-state index contributed by atoms with van der Waals surface area (Å²) in [7, 11) is 0. The summed E-state index contributed by atoms with van der Waals surface area (Å²) in [5.41, 5.74) is 6.19. The van der Waals surface area contributed by atoms with Crippen LogP contribution in [0.15, 0.2) is 30.5 Å². The molecule has 1 aromatic carbocycles. The number of nitrogens with two attached hydrogens (primary N) is 1. The number of halogens is 3. The molecule has 0 bridgehead atoms. The van der Waals surface area contributed by atoms with Crippen molar-refractivity contribution >= 4 is 39.2 Å². The first-order valence-corrected chi connectivity index (χ1v) is 11.7. The first-order chi connectivity index (χ1) is 14.8. The number of fused-ring (bicyclic) bond motifs is 1. The van der Waals surface area contributed by atoms with Crippen molar-refractivity contribution in [1.29, 1.82) is 0 Å². The van der Waals surface area contributed by atoms with Gasteiger partial charge < -0.3 is 10.6 Å². The molecule has 0 aliphatic carbocycles. The maximum absolute atomic E-state index is 13.0. The Labute approximate surface area is 185 Å². The van der Waals surface area contributed by atoms with Crippen LogP contribution in [0, 0.1) is 0 Å². The van der Waals surface area contributed by atoms with Crippen LogP contribution in [0.1, 0.15) is 28.0 Å². The van der Waals surface area contributed by atoms with E-state index in [-0.39, 0.29) is 10.8 Å². The van der Waals surface area contributed by atoms with Gasteiger partial charge >= 0.3 is 6.18 Å². The molecule has 1 atom stereocenters. The Hall–Kier alpha value is -2.24. The molecule has 1 saturated heterocycles. The molecular formula is C20H20F3N5OS2. The van der Waals surface area contributed by atoms with Gasteiger partial charge in [-0.2, -0.15) is 24.9 Å². The van der Waals surface area contributed by atoms with Crippen LogP contribution in [0.5, 0.6) is 0 Å². The number of nitrogens with zero attached hydrogens (tertiary/aromatic N) is 4. The molecule has 1 aliphatic heterocycles. The summed E-state index contributed by atoms with van der Waals surface area (Å²) in [5.74, 6) is -0.0765. The largest absolute Gasteiger partial charge is 0.433 e. The Morgan fingerprint density at radius 3 is 2.68 bits per heavy atom. The summed E-state index contributed by atoms with van der Waals surface area (Å²) >= 11 is 3.20. The van der Waals surface area contributed by atoms with Crippen LogP contribution in [0.3, 0.4) is 0 Å². The number of thioether (sulfide) groups is 1. The van der Waals surface area contributed by atoms with Crippen LogP contribution in [-0.4, -0.2) is 56.9 Å². The molecule has 2 aromatic heterocycles. The molecule has 1 unspecified atom stereocenters. The zero-order valence-electron chi connectivity index (χ0n) is 16.4. The molecule has 3 aromatic rings. The van der Waals surface area contributed by atoms with Crippen molar-refractivity contribution in [2.75, 3.05) is 31.1 Å². The average Bonchev–Trinajstić information content (AvgIpc) is 3.15. The summed E-state index contributed by atoms with van der Waals surface area (Å²) in [6.07, 6.45) is -2.77. The zero-order valence-corrected chi connectivity index (χ0v) is 18.1. The van der Waals surface area contributed by atoms with E-state index in [4.69, 9.17) is 5.73 Å². The first kappa shape index (κ1) is 22.0. The SMILES string of the molecule is NC(=O)C(c1nccc(C(F)(F)F)n1)c1nc2ccc(CCN3CCSCC3)cc2s1. The molecule has 11 heteroatoms. The van der Waals surface area contributed by atoms with Crippen molar-refractivity contribution in [2.45, 2.75) is 18.5 Å². The van der Waals surface area contributed by atoms with E-state index < -0.39 is 23.7 Å². The number of aromatic nitrogens is 3. The number of rotatable bonds is 6. The Morgan fingerprint density at radius 2 is 1.97 bits per heavy atom. The van der Waals surface area contributed by atoms with Crippen molar-refractivity contribution in [3.05, 3.63) is 52.6 Å². The standard InChI is InChI=1S/C20H20F3N5OS2/c21-20(22,23)15-3-5-25-18(27-15)16(17(24)29)19-26-13-2-1-12(11-14(13)31-19)4-6-28-7-9-30-10-8-28/h1-3,5,11,16H,4,6-10H2,(H2,24,29). The summed E-state index contributed by atoms with van der Waals surface area (Å²) in [4.78, 5) is 26.4. The van der Waals surface area contributed by atoms with Crippen molar-refractivity contribution < 1.29 is 18.0 Å². The molecule has 3 heterocycles. The van der Waals surface area contributed by atoms with E-state index in [1.54, 1.807) is 0 Å². The molecule has 0 radical (unpaired) electrons. The minimum atomic E-state index is -4.64. The van der Waals surface area contributed by atoms with Gasteiger partial charge in [-0.05, 0) is 30.2 Å². The average molecular weight is 468 g/mol. The van der Waals surface area contributed by atoms with E-state index in [1.165, 1.54) is 11.3 Å². The van der Waals surface area contributed by atoms with Gasteiger partial charge in [-0.1, -0.05) is 6.07 Å². The molecule has 0 saturated carbocycles. The molecule has 2 N–H and O–H groups in total. The molecule has 4 rings (SSSR count). The molecule has 1 aliphatic rings. The quantitative estimate of drug-likeness (QED) is 0.599. The maximum atomic E-state index is 13.0. The number of hydrogen-bond acceptors (Lipinski definition) is 7. The van der Waals surface area contributed by atoms with Gasteiger partial charge in [-0.15, -0.1) is 11.3 Å². The predicted octanol–water partition coefficient (Wildman–Crippen LogP) is 3.31. The van der Waals surface area contributed by atoms with Crippen molar-refractivity contribution in [3.8, 4) is 0 Å². The Morgan fingerprint density at radius 1 is 1.19 bits per heavy atom. The van der Waals surface area contributed by atoms with Crippen LogP contribution in [0.25, 0.3) is 10.2 Å². The summed E-state index contributed by atoms with van der Waals surface area (Å²) in [5, 5.41) is 0.284. The van der Waals surface area contributed by atoms with Gasteiger partial charge in [0, 0.05) is 37.3 Å². The number of alkyl halides is 3. The minimum absolute atomic E-state index is 0.284. The molecule has 31 heavy (non-hydrogen) atoms. The van der Waals surface area contributed by atoms with Crippen molar-refractivity contribution in [1.82, 2.24) is 19.9 Å². The lowest BCUT2D eigenvalue weighted by molar-refractivity contribution is -0.141. The second-order valence-electron chi connectivity index (χ2n) is 7.19. The highest BCUT2D eigenvalue weighted by Gasteiger charge is 2.35. The lowest BCUT2D eigenvalue weighted by Gasteiger charge is -2.25. The third-order valence-corrected chi connectivity index (χ3v) is 7.07. The van der Waals surface area contributed by atoms with Gasteiger partial charge in [-0.3, -0.25) is 4.79 Å². The van der Waals surface area contributed by atoms with Crippen molar-refractivity contribution in [2.24, 2.45) is 5.73 Å². The fraction of sp³-hybridized carbons (Fsp3) is 0.400. The number of hydrogen-bond donors (Lipinski definition) is 1. The fourth-order valence-electron chi connectivity index (χ4n) is 3.41. The molecule has 1 amide bonds. The summed E-state index contributed by atoms with van der Waals surface area (Å²) in [6, 6.07) is 6.62. The van der Waals surface area contributed by atoms with Crippen molar-refractivity contribution in [3.63, 3.8) is 0 Å². The van der Waals surface area contributed by atoms with Gasteiger partial charge in [0.1, 0.15) is 22.4 Å². The van der Waals surface area contributed by atoms with E-state index in [9.17, 15) is 18.0 Å². The molecule has 164 valence electrons. The highest BCUT2D eigenvalue weighted by molar-refractivity contribution is 7.99. The summed E-state index contributed by atoms with van der Waals surface area (Å²) < 4.78 is 39.9. The van der Waals surface area contributed by atoms with Crippen LogP contribution in [0.2, 0.25) is 0 Å². The number of primary amides is 1. The molecular weight excluding hydrogens is 447 g/mol. The first-order valence-electron chi connectivity index (χ1n) is 9.70. The normalized spacial score (nSPS) is 16.5. The Kier molecular flexibility index (Phi) is 6.44. The number of amides is 1. The Balaban J connectivity index is 1.59. The highest BCUT2D eigenvalue weighted by Crippen LogP contribution is 2.33. The van der Waals surface area contributed by atoms with E-state index in [0.29, 0.717) is 5.52 Å².